The average Bonchev–Trinajstić information content (AvgIpc) is 2.34. The van der Waals surface area contributed by atoms with E-state index in [0.717, 1.165) is 12.1 Å². The topological polar surface area (TPSA) is 50.7 Å². The van der Waals surface area contributed by atoms with Gasteiger partial charge in [-0.1, -0.05) is 0 Å². The molecule has 0 aliphatic heterocycles. The molecule has 0 saturated carbocycles. The maximum atomic E-state index is 13.1. The molecule has 0 radical (unpaired) electrons. The largest absolute Gasteiger partial charge is 0.503 e. The van der Waals surface area contributed by atoms with Crippen molar-refractivity contribution in [1.29, 1.82) is 0 Å². The summed E-state index contributed by atoms with van der Waals surface area (Å²) in [7, 11) is 3.01. The van der Waals surface area contributed by atoms with Gasteiger partial charge in [-0.25, -0.2) is 8.78 Å². The number of benzene rings is 1. The van der Waals surface area contributed by atoms with E-state index in [9.17, 15) is 8.78 Å². The predicted octanol–water partition coefficient (Wildman–Crippen LogP) is 1.77. The number of phenols is 1. The number of aromatic hydroxyl groups is 1. The maximum absolute atomic E-state index is 13.1. The zero-order chi connectivity index (χ0) is 13.7. The molecule has 4 nitrogen and oxygen atoms in total. The Hall–Kier alpha value is -1.24. The molecule has 102 valence electrons. The Morgan fingerprint density at radius 2 is 1.72 bits per heavy atom. The van der Waals surface area contributed by atoms with Crippen LogP contribution in [0.2, 0.25) is 0 Å². The van der Waals surface area contributed by atoms with Crippen LogP contribution in [0.4, 0.5) is 8.78 Å². The van der Waals surface area contributed by atoms with Crippen molar-refractivity contribution in [3.63, 3.8) is 0 Å². The van der Waals surface area contributed by atoms with Gasteiger partial charge in [0.25, 0.3) is 0 Å². The number of hydrogen-bond acceptors (Lipinski definition) is 4. The lowest BCUT2D eigenvalue weighted by Crippen LogP contribution is -2.39. The van der Waals surface area contributed by atoms with Gasteiger partial charge in [-0.05, 0) is 24.6 Å². The summed E-state index contributed by atoms with van der Waals surface area (Å²) < 4.78 is 36.3. The molecule has 2 N–H and O–H groups in total. The van der Waals surface area contributed by atoms with Gasteiger partial charge in [-0.2, -0.15) is 0 Å². The Labute approximate surface area is 105 Å². The van der Waals surface area contributed by atoms with Crippen molar-refractivity contribution in [2.24, 2.45) is 0 Å². The van der Waals surface area contributed by atoms with E-state index < -0.39 is 23.7 Å². The summed E-state index contributed by atoms with van der Waals surface area (Å²) in [6.45, 7) is 2.06. The summed E-state index contributed by atoms with van der Waals surface area (Å²) in [5.41, 5.74) is 0.389. The van der Waals surface area contributed by atoms with E-state index in [1.54, 1.807) is 0 Å². The second-order valence-electron chi connectivity index (χ2n) is 3.92. The van der Waals surface area contributed by atoms with Gasteiger partial charge in [-0.3, -0.25) is 0 Å². The number of ether oxygens (including phenoxy) is 2. The van der Waals surface area contributed by atoms with Crippen molar-refractivity contribution in [3.8, 4) is 5.75 Å². The van der Waals surface area contributed by atoms with E-state index in [2.05, 4.69) is 5.32 Å². The standard InChI is InChI=1S/C12H17F2NO3/c1-7(12(17-2)18-3)15-6-8-4-9(13)11(16)10(14)5-8/h4-5,7,12,15-16H,6H2,1-3H3. The molecule has 0 spiro atoms. The Morgan fingerprint density at radius 3 is 2.17 bits per heavy atom. The lowest BCUT2D eigenvalue weighted by Gasteiger charge is -2.22. The van der Waals surface area contributed by atoms with Gasteiger partial charge in [0.2, 0.25) is 0 Å². The normalized spacial score (nSPS) is 13.0. The first kappa shape index (κ1) is 14.8. The highest BCUT2D eigenvalue weighted by Crippen LogP contribution is 2.21. The van der Waals surface area contributed by atoms with Gasteiger partial charge in [-0.15, -0.1) is 0 Å². The summed E-state index contributed by atoms with van der Waals surface area (Å²) in [4.78, 5) is 0. The average molecular weight is 261 g/mol. The fourth-order valence-electron chi connectivity index (χ4n) is 1.60. The van der Waals surface area contributed by atoms with Crippen molar-refractivity contribution >= 4 is 0 Å². The third-order valence-corrected chi connectivity index (χ3v) is 2.58. The first-order chi connectivity index (χ1) is 8.49. The van der Waals surface area contributed by atoms with Crippen LogP contribution in [-0.2, 0) is 16.0 Å². The molecule has 0 bridgehead atoms. The number of halogens is 2. The van der Waals surface area contributed by atoms with Crippen LogP contribution in [0.1, 0.15) is 12.5 Å². The van der Waals surface area contributed by atoms with Gasteiger partial charge in [0.1, 0.15) is 0 Å². The Morgan fingerprint density at radius 1 is 1.22 bits per heavy atom. The fourth-order valence-corrected chi connectivity index (χ4v) is 1.60. The van der Waals surface area contributed by atoms with Crippen LogP contribution in [-0.4, -0.2) is 31.7 Å². The summed E-state index contributed by atoms with van der Waals surface area (Å²) in [6.07, 6.45) is -0.447. The van der Waals surface area contributed by atoms with E-state index >= 15 is 0 Å². The molecular formula is C12H17F2NO3. The molecule has 6 heteroatoms. The maximum Gasteiger partial charge on any atom is 0.187 e. The molecular weight excluding hydrogens is 244 g/mol. The minimum atomic E-state index is -0.977. The van der Waals surface area contributed by atoms with Crippen molar-refractivity contribution < 1.29 is 23.4 Å². The predicted molar refractivity (Wildman–Crippen MR) is 62.1 cm³/mol. The minimum absolute atomic E-state index is 0.153. The van der Waals surface area contributed by atoms with Gasteiger partial charge < -0.3 is 19.9 Å². The SMILES string of the molecule is COC(OC)C(C)NCc1cc(F)c(O)c(F)c1. The highest BCUT2D eigenvalue weighted by molar-refractivity contribution is 5.29. The highest BCUT2D eigenvalue weighted by atomic mass is 19.1. The number of hydrogen-bond donors (Lipinski definition) is 2. The Bertz CT molecular complexity index is 374. The van der Waals surface area contributed by atoms with Gasteiger partial charge >= 0.3 is 0 Å². The van der Waals surface area contributed by atoms with E-state index in [4.69, 9.17) is 14.6 Å². The Kier molecular flexibility index (Phi) is 5.46. The molecule has 0 aliphatic carbocycles. The third kappa shape index (κ3) is 3.63. The summed E-state index contributed by atoms with van der Waals surface area (Å²) >= 11 is 0. The quantitative estimate of drug-likeness (QED) is 0.766. The molecule has 1 unspecified atom stereocenters. The molecule has 1 aromatic carbocycles. The second kappa shape index (κ2) is 6.63. The number of phenolic OH excluding ortho intramolecular Hbond substituents is 1. The molecule has 0 fully saturated rings. The second-order valence-corrected chi connectivity index (χ2v) is 3.92. The lowest BCUT2D eigenvalue weighted by atomic mass is 10.2. The fraction of sp³-hybridized carbons (Fsp3) is 0.500. The minimum Gasteiger partial charge on any atom is -0.503 e. The van der Waals surface area contributed by atoms with Gasteiger partial charge in [0.05, 0.1) is 6.04 Å². The van der Waals surface area contributed by atoms with Gasteiger partial charge in [0.15, 0.2) is 23.7 Å². The molecule has 0 heterocycles. The number of methoxy groups -OCH3 is 2. The van der Waals surface area contributed by atoms with E-state index in [-0.39, 0.29) is 12.6 Å². The first-order valence-corrected chi connectivity index (χ1v) is 5.45. The molecule has 1 rings (SSSR count). The highest BCUT2D eigenvalue weighted by Gasteiger charge is 2.16. The molecule has 0 amide bonds. The smallest absolute Gasteiger partial charge is 0.187 e. The molecule has 0 aliphatic rings. The molecule has 0 saturated heterocycles. The zero-order valence-corrected chi connectivity index (χ0v) is 10.5. The van der Waals surface area contributed by atoms with Crippen LogP contribution in [0, 0.1) is 11.6 Å². The van der Waals surface area contributed by atoms with Crippen LogP contribution in [0.15, 0.2) is 12.1 Å². The van der Waals surface area contributed by atoms with Crippen LogP contribution < -0.4 is 5.32 Å². The molecule has 1 aromatic rings. The summed E-state index contributed by atoms with van der Waals surface area (Å²) in [6, 6.07) is 2.00. The summed E-state index contributed by atoms with van der Waals surface area (Å²) in [5.74, 6) is -2.91. The monoisotopic (exact) mass is 261 g/mol. The van der Waals surface area contributed by atoms with Crippen LogP contribution in [0.3, 0.4) is 0 Å². The molecule has 1 atom stereocenters. The van der Waals surface area contributed by atoms with E-state index in [1.165, 1.54) is 14.2 Å². The van der Waals surface area contributed by atoms with Crippen LogP contribution in [0.25, 0.3) is 0 Å². The molecule has 0 aromatic heterocycles. The first-order valence-electron chi connectivity index (χ1n) is 5.45. The van der Waals surface area contributed by atoms with Crippen molar-refractivity contribution in [1.82, 2.24) is 5.32 Å². The van der Waals surface area contributed by atoms with Gasteiger partial charge in [0, 0.05) is 20.8 Å². The molecule has 18 heavy (non-hydrogen) atoms. The van der Waals surface area contributed by atoms with Crippen LogP contribution >= 0.6 is 0 Å². The number of nitrogens with one attached hydrogen (secondary N) is 1. The third-order valence-electron chi connectivity index (χ3n) is 2.58. The van der Waals surface area contributed by atoms with Crippen molar-refractivity contribution in [2.45, 2.75) is 25.8 Å². The number of rotatable bonds is 6. The summed E-state index contributed by atoms with van der Waals surface area (Å²) in [5, 5.41) is 12.0. The van der Waals surface area contributed by atoms with E-state index in [1.807, 2.05) is 6.92 Å². The zero-order valence-electron chi connectivity index (χ0n) is 10.5. The lowest BCUT2D eigenvalue weighted by molar-refractivity contribution is -0.119. The Balaban J connectivity index is 2.64. The van der Waals surface area contributed by atoms with Crippen LogP contribution in [0.5, 0.6) is 5.75 Å². The van der Waals surface area contributed by atoms with E-state index in [0.29, 0.717) is 5.56 Å². The van der Waals surface area contributed by atoms with Crippen molar-refractivity contribution in [2.75, 3.05) is 14.2 Å². The van der Waals surface area contributed by atoms with Crippen molar-refractivity contribution in [3.05, 3.63) is 29.3 Å².